The van der Waals surface area contributed by atoms with Crippen molar-refractivity contribution >= 4 is 11.6 Å². The molecule has 2 heteroatoms. The molecule has 14 heavy (non-hydrogen) atoms. The molecule has 0 radical (unpaired) electrons. The molecule has 0 N–H and O–H groups in total. The number of nitrogens with zero attached hydrogens (tertiary/aromatic N) is 1. The van der Waals surface area contributed by atoms with Crippen LogP contribution in [0.4, 0.5) is 0 Å². The second-order valence-electron chi connectivity index (χ2n) is 4.60. The molecule has 1 nitrogen and oxygen atoms in total. The molecule has 0 spiro atoms. The molecule has 0 saturated carbocycles. The number of piperidine rings is 1. The first-order valence-corrected chi connectivity index (χ1v) is 6.03. The minimum atomic E-state index is 0.348. The third-order valence-corrected chi connectivity index (χ3v) is 3.40. The van der Waals surface area contributed by atoms with Gasteiger partial charge in [-0.05, 0) is 52.6 Å². The fourth-order valence-corrected chi connectivity index (χ4v) is 2.16. The molecule has 1 unspecified atom stereocenters. The first-order valence-electron chi connectivity index (χ1n) is 5.59. The van der Waals surface area contributed by atoms with Gasteiger partial charge in [-0.15, -0.1) is 11.6 Å². The van der Waals surface area contributed by atoms with E-state index in [1.807, 2.05) is 0 Å². The SMILES string of the molecule is CC(C)=CCN1CCC(C(C)Cl)CC1. The third kappa shape index (κ3) is 4.02. The van der Waals surface area contributed by atoms with Crippen molar-refractivity contribution in [1.29, 1.82) is 0 Å². The topological polar surface area (TPSA) is 3.24 Å². The Balaban J connectivity index is 2.25. The number of hydrogen-bond acceptors (Lipinski definition) is 1. The minimum Gasteiger partial charge on any atom is -0.300 e. The van der Waals surface area contributed by atoms with Crippen molar-refractivity contribution < 1.29 is 0 Å². The molecule has 1 fully saturated rings. The molecule has 0 aromatic rings. The van der Waals surface area contributed by atoms with E-state index in [2.05, 4.69) is 31.7 Å². The van der Waals surface area contributed by atoms with Gasteiger partial charge in [0.25, 0.3) is 0 Å². The average Bonchev–Trinajstić information content (AvgIpc) is 2.15. The van der Waals surface area contributed by atoms with Crippen LogP contribution in [-0.2, 0) is 0 Å². The molecule has 1 aliphatic heterocycles. The highest BCUT2D eigenvalue weighted by Gasteiger charge is 2.21. The van der Waals surface area contributed by atoms with Crippen LogP contribution in [0.5, 0.6) is 0 Å². The summed E-state index contributed by atoms with van der Waals surface area (Å²) in [6, 6.07) is 0. The number of rotatable bonds is 3. The van der Waals surface area contributed by atoms with Gasteiger partial charge in [-0.25, -0.2) is 0 Å². The van der Waals surface area contributed by atoms with Gasteiger partial charge in [-0.1, -0.05) is 11.6 Å². The largest absolute Gasteiger partial charge is 0.300 e. The van der Waals surface area contributed by atoms with Crippen LogP contribution in [-0.4, -0.2) is 29.9 Å². The molecule has 0 amide bonds. The van der Waals surface area contributed by atoms with Crippen molar-refractivity contribution in [3.8, 4) is 0 Å². The van der Waals surface area contributed by atoms with Crippen LogP contribution in [0.25, 0.3) is 0 Å². The molecule has 1 heterocycles. The summed E-state index contributed by atoms with van der Waals surface area (Å²) in [7, 11) is 0. The van der Waals surface area contributed by atoms with Gasteiger partial charge >= 0.3 is 0 Å². The van der Waals surface area contributed by atoms with Crippen LogP contribution >= 0.6 is 11.6 Å². The number of halogens is 1. The van der Waals surface area contributed by atoms with E-state index in [1.54, 1.807) is 0 Å². The van der Waals surface area contributed by atoms with Gasteiger partial charge in [0.05, 0.1) is 0 Å². The molecule has 82 valence electrons. The monoisotopic (exact) mass is 215 g/mol. The number of hydrogen-bond donors (Lipinski definition) is 0. The van der Waals surface area contributed by atoms with E-state index >= 15 is 0 Å². The van der Waals surface area contributed by atoms with E-state index in [0.29, 0.717) is 5.38 Å². The summed E-state index contributed by atoms with van der Waals surface area (Å²) in [6.45, 7) is 9.99. The Labute approximate surface area is 93.1 Å². The lowest BCUT2D eigenvalue weighted by Crippen LogP contribution is -2.36. The smallest absolute Gasteiger partial charge is 0.0337 e. The second-order valence-corrected chi connectivity index (χ2v) is 5.29. The van der Waals surface area contributed by atoms with Gasteiger partial charge in [-0.3, -0.25) is 4.90 Å². The maximum atomic E-state index is 6.10. The highest BCUT2D eigenvalue weighted by atomic mass is 35.5. The molecule has 0 aromatic heterocycles. The van der Waals surface area contributed by atoms with E-state index < -0.39 is 0 Å². The normalized spacial score (nSPS) is 22.0. The first kappa shape index (κ1) is 12.1. The maximum Gasteiger partial charge on any atom is 0.0337 e. The quantitative estimate of drug-likeness (QED) is 0.516. The predicted molar refractivity (Wildman–Crippen MR) is 63.9 cm³/mol. The summed E-state index contributed by atoms with van der Waals surface area (Å²) in [5.74, 6) is 0.736. The van der Waals surface area contributed by atoms with Crippen LogP contribution in [0, 0.1) is 5.92 Å². The predicted octanol–water partition coefficient (Wildman–Crippen LogP) is 3.29. The summed E-state index contributed by atoms with van der Waals surface area (Å²) in [5.41, 5.74) is 1.41. The van der Waals surface area contributed by atoms with Crippen molar-refractivity contribution in [3.05, 3.63) is 11.6 Å². The molecule has 1 saturated heterocycles. The van der Waals surface area contributed by atoms with E-state index in [1.165, 1.54) is 31.5 Å². The van der Waals surface area contributed by atoms with Crippen LogP contribution in [0.1, 0.15) is 33.6 Å². The number of allylic oxidation sites excluding steroid dienone is 1. The van der Waals surface area contributed by atoms with Crippen molar-refractivity contribution in [1.82, 2.24) is 4.90 Å². The highest BCUT2D eigenvalue weighted by Crippen LogP contribution is 2.23. The van der Waals surface area contributed by atoms with Gasteiger partial charge in [-0.2, -0.15) is 0 Å². The van der Waals surface area contributed by atoms with Crippen LogP contribution in [0.15, 0.2) is 11.6 Å². The van der Waals surface area contributed by atoms with E-state index in [4.69, 9.17) is 11.6 Å². The molecule has 1 atom stereocenters. The summed E-state index contributed by atoms with van der Waals surface area (Å²) in [5, 5.41) is 0.348. The fraction of sp³-hybridized carbons (Fsp3) is 0.833. The zero-order valence-corrected chi connectivity index (χ0v) is 10.3. The summed E-state index contributed by atoms with van der Waals surface area (Å²) >= 11 is 6.10. The maximum absolute atomic E-state index is 6.10. The van der Waals surface area contributed by atoms with Gasteiger partial charge in [0.15, 0.2) is 0 Å². The molecule has 0 aliphatic carbocycles. The molecular weight excluding hydrogens is 194 g/mol. The summed E-state index contributed by atoms with van der Waals surface area (Å²) in [4.78, 5) is 2.52. The van der Waals surface area contributed by atoms with Gasteiger partial charge in [0.1, 0.15) is 0 Å². The van der Waals surface area contributed by atoms with E-state index in [9.17, 15) is 0 Å². The third-order valence-electron chi connectivity index (χ3n) is 3.04. The summed E-state index contributed by atoms with van der Waals surface area (Å²) in [6.07, 6.45) is 4.84. The standard InChI is InChI=1S/C12H22ClN/c1-10(2)4-7-14-8-5-12(6-9-14)11(3)13/h4,11-12H,5-9H2,1-3H3. The Morgan fingerprint density at radius 1 is 1.43 bits per heavy atom. The molecule has 1 rings (SSSR count). The van der Waals surface area contributed by atoms with Crippen molar-refractivity contribution in [2.75, 3.05) is 19.6 Å². The van der Waals surface area contributed by atoms with Gasteiger partial charge in [0.2, 0.25) is 0 Å². The highest BCUT2D eigenvalue weighted by molar-refractivity contribution is 6.20. The van der Waals surface area contributed by atoms with Crippen molar-refractivity contribution in [3.63, 3.8) is 0 Å². The number of alkyl halides is 1. The molecule has 1 aliphatic rings. The Morgan fingerprint density at radius 2 is 2.00 bits per heavy atom. The minimum absolute atomic E-state index is 0.348. The van der Waals surface area contributed by atoms with Crippen LogP contribution in [0.2, 0.25) is 0 Å². The lowest BCUT2D eigenvalue weighted by molar-refractivity contribution is 0.199. The Morgan fingerprint density at radius 3 is 2.43 bits per heavy atom. The zero-order chi connectivity index (χ0) is 10.6. The summed E-state index contributed by atoms with van der Waals surface area (Å²) < 4.78 is 0. The van der Waals surface area contributed by atoms with Crippen LogP contribution in [0.3, 0.4) is 0 Å². The Hall–Kier alpha value is -0.0100. The molecule has 0 bridgehead atoms. The Kier molecular flexibility index (Phi) is 4.97. The second kappa shape index (κ2) is 5.77. The number of likely N-dealkylation sites (tertiary alicyclic amines) is 1. The Bertz CT molecular complexity index is 186. The van der Waals surface area contributed by atoms with E-state index in [-0.39, 0.29) is 0 Å². The zero-order valence-electron chi connectivity index (χ0n) is 9.59. The van der Waals surface area contributed by atoms with Crippen molar-refractivity contribution in [2.45, 2.75) is 39.0 Å². The van der Waals surface area contributed by atoms with Gasteiger partial charge < -0.3 is 0 Å². The fourth-order valence-electron chi connectivity index (χ4n) is 1.91. The van der Waals surface area contributed by atoms with E-state index in [0.717, 1.165) is 12.5 Å². The van der Waals surface area contributed by atoms with Crippen LogP contribution < -0.4 is 0 Å². The average molecular weight is 216 g/mol. The molecule has 0 aromatic carbocycles. The molecular formula is C12H22ClN. The van der Waals surface area contributed by atoms with Gasteiger partial charge in [0, 0.05) is 11.9 Å². The van der Waals surface area contributed by atoms with Crippen molar-refractivity contribution in [2.24, 2.45) is 5.92 Å². The first-order chi connectivity index (χ1) is 6.59. The lowest BCUT2D eigenvalue weighted by Gasteiger charge is -2.32. The lowest BCUT2D eigenvalue weighted by atomic mass is 9.94.